The van der Waals surface area contributed by atoms with E-state index in [4.69, 9.17) is 0 Å². The molecule has 0 aliphatic carbocycles. The summed E-state index contributed by atoms with van der Waals surface area (Å²) in [6.07, 6.45) is 1.93. The van der Waals surface area contributed by atoms with Gasteiger partial charge in [-0.05, 0) is 50.5 Å². The second kappa shape index (κ2) is 6.93. The van der Waals surface area contributed by atoms with E-state index in [9.17, 15) is 13.2 Å². The van der Waals surface area contributed by atoms with Crippen molar-refractivity contribution in [2.45, 2.75) is 40.2 Å². The minimum Gasteiger partial charge on any atom is -0.354 e. The van der Waals surface area contributed by atoms with Gasteiger partial charge in [0.25, 0.3) is 0 Å². The van der Waals surface area contributed by atoms with Gasteiger partial charge >= 0.3 is 0 Å². The van der Waals surface area contributed by atoms with Gasteiger partial charge in [-0.3, -0.25) is 9.10 Å². The lowest BCUT2D eigenvalue weighted by molar-refractivity contribution is -0.121. The van der Waals surface area contributed by atoms with Crippen molar-refractivity contribution in [3.8, 4) is 0 Å². The largest absolute Gasteiger partial charge is 0.354 e. The monoisotopic (exact) mass is 312 g/mol. The van der Waals surface area contributed by atoms with Crippen molar-refractivity contribution in [2.24, 2.45) is 0 Å². The molecule has 1 aromatic carbocycles. The van der Waals surface area contributed by atoms with E-state index in [0.717, 1.165) is 23.8 Å². The highest BCUT2D eigenvalue weighted by molar-refractivity contribution is 7.92. The number of nitrogens with zero attached hydrogens (tertiary/aromatic N) is 1. The number of hydrogen-bond acceptors (Lipinski definition) is 3. The number of carbonyl (C=O) groups is 1. The van der Waals surface area contributed by atoms with Gasteiger partial charge in [0.1, 0.15) is 6.04 Å². The van der Waals surface area contributed by atoms with Crippen LogP contribution in [-0.2, 0) is 14.8 Å². The van der Waals surface area contributed by atoms with E-state index in [-0.39, 0.29) is 5.91 Å². The summed E-state index contributed by atoms with van der Waals surface area (Å²) in [5, 5.41) is 2.74. The van der Waals surface area contributed by atoms with Crippen LogP contribution in [0.3, 0.4) is 0 Å². The third-order valence-electron chi connectivity index (χ3n) is 3.10. The molecule has 1 aromatic rings. The van der Waals surface area contributed by atoms with Gasteiger partial charge in [0.15, 0.2) is 0 Å². The Morgan fingerprint density at radius 3 is 2.19 bits per heavy atom. The Morgan fingerprint density at radius 1 is 1.24 bits per heavy atom. The molecule has 0 spiro atoms. The molecule has 0 aliphatic rings. The maximum atomic E-state index is 12.1. The van der Waals surface area contributed by atoms with Crippen LogP contribution in [0.5, 0.6) is 0 Å². The molecule has 0 unspecified atom stereocenters. The third-order valence-corrected chi connectivity index (χ3v) is 4.34. The van der Waals surface area contributed by atoms with Crippen LogP contribution in [-0.4, -0.2) is 33.2 Å². The molecule has 1 amide bonds. The molecule has 0 heterocycles. The first-order valence-electron chi connectivity index (χ1n) is 7.02. The van der Waals surface area contributed by atoms with Gasteiger partial charge in [-0.2, -0.15) is 0 Å². The van der Waals surface area contributed by atoms with Crippen LogP contribution in [0.1, 0.15) is 31.4 Å². The van der Waals surface area contributed by atoms with Crippen molar-refractivity contribution in [1.82, 2.24) is 5.32 Å². The van der Waals surface area contributed by atoms with Crippen LogP contribution >= 0.6 is 0 Å². The van der Waals surface area contributed by atoms with Gasteiger partial charge in [-0.1, -0.05) is 13.0 Å². The molecule has 0 aliphatic heterocycles. The topological polar surface area (TPSA) is 66.5 Å². The molecular weight excluding hydrogens is 288 g/mol. The SMILES string of the molecule is CCCNC(=O)[C@@H](C)N(c1cc(C)cc(C)c1)S(C)(=O)=O. The maximum Gasteiger partial charge on any atom is 0.243 e. The Bertz CT molecular complexity index is 591. The highest BCUT2D eigenvalue weighted by Gasteiger charge is 2.29. The maximum absolute atomic E-state index is 12.1. The quantitative estimate of drug-likeness (QED) is 0.873. The first-order valence-corrected chi connectivity index (χ1v) is 8.87. The molecule has 1 N–H and O–H groups in total. The average Bonchev–Trinajstić information content (AvgIpc) is 2.32. The molecule has 1 atom stereocenters. The Balaban J connectivity index is 3.21. The number of aryl methyl sites for hydroxylation is 2. The second-order valence-corrected chi connectivity index (χ2v) is 7.23. The zero-order chi connectivity index (χ0) is 16.2. The summed E-state index contributed by atoms with van der Waals surface area (Å²) in [5.74, 6) is -0.290. The molecule has 0 bridgehead atoms. The molecule has 0 aromatic heterocycles. The van der Waals surface area contributed by atoms with Crippen LogP contribution in [0.2, 0.25) is 0 Å². The van der Waals surface area contributed by atoms with Crippen molar-refractivity contribution in [1.29, 1.82) is 0 Å². The van der Waals surface area contributed by atoms with Gasteiger partial charge in [-0.15, -0.1) is 0 Å². The third kappa shape index (κ3) is 4.74. The van der Waals surface area contributed by atoms with Crippen molar-refractivity contribution in [3.05, 3.63) is 29.3 Å². The summed E-state index contributed by atoms with van der Waals surface area (Å²) >= 11 is 0. The Hall–Kier alpha value is -1.56. The number of anilines is 1. The molecule has 0 saturated carbocycles. The summed E-state index contributed by atoms with van der Waals surface area (Å²) in [7, 11) is -3.55. The van der Waals surface area contributed by atoms with E-state index in [1.807, 2.05) is 26.8 Å². The summed E-state index contributed by atoms with van der Waals surface area (Å²) in [6, 6.07) is 4.73. The molecule has 0 radical (unpaired) electrons. The lowest BCUT2D eigenvalue weighted by atomic mass is 10.1. The van der Waals surface area contributed by atoms with E-state index >= 15 is 0 Å². The molecular formula is C15H24N2O3S. The summed E-state index contributed by atoms with van der Waals surface area (Å²) in [5.41, 5.74) is 2.44. The van der Waals surface area contributed by atoms with Crippen LogP contribution in [0.15, 0.2) is 18.2 Å². The second-order valence-electron chi connectivity index (χ2n) is 5.37. The normalized spacial score (nSPS) is 12.8. The zero-order valence-electron chi connectivity index (χ0n) is 13.3. The highest BCUT2D eigenvalue weighted by Crippen LogP contribution is 2.23. The summed E-state index contributed by atoms with van der Waals surface area (Å²) in [4.78, 5) is 12.1. The van der Waals surface area contributed by atoms with E-state index in [1.165, 1.54) is 4.31 Å². The van der Waals surface area contributed by atoms with Gasteiger partial charge < -0.3 is 5.32 Å². The van der Waals surface area contributed by atoms with Gasteiger partial charge in [-0.25, -0.2) is 8.42 Å². The van der Waals surface area contributed by atoms with Crippen molar-refractivity contribution < 1.29 is 13.2 Å². The summed E-state index contributed by atoms with van der Waals surface area (Å²) < 4.78 is 25.4. The molecule has 1 rings (SSSR count). The standard InChI is InChI=1S/C15H24N2O3S/c1-6-7-16-15(18)13(4)17(21(5,19)20)14-9-11(2)8-12(3)10-14/h8-10,13H,6-7H2,1-5H3,(H,16,18)/t13-/m1/s1. The van der Waals surface area contributed by atoms with Crippen LogP contribution in [0, 0.1) is 13.8 Å². The fraction of sp³-hybridized carbons (Fsp3) is 0.533. The van der Waals surface area contributed by atoms with Crippen LogP contribution < -0.4 is 9.62 Å². The minimum atomic E-state index is -3.55. The number of hydrogen-bond donors (Lipinski definition) is 1. The Morgan fingerprint density at radius 2 is 1.76 bits per heavy atom. The highest BCUT2D eigenvalue weighted by atomic mass is 32.2. The van der Waals surface area contributed by atoms with Crippen LogP contribution in [0.25, 0.3) is 0 Å². The number of carbonyl (C=O) groups excluding carboxylic acids is 1. The molecule has 5 nitrogen and oxygen atoms in total. The van der Waals surface area contributed by atoms with Gasteiger partial charge in [0, 0.05) is 6.54 Å². The molecule has 0 fully saturated rings. The average molecular weight is 312 g/mol. The van der Waals surface area contributed by atoms with E-state index in [0.29, 0.717) is 12.2 Å². The minimum absolute atomic E-state index is 0.290. The number of amides is 1. The van der Waals surface area contributed by atoms with E-state index < -0.39 is 16.1 Å². The number of sulfonamides is 1. The zero-order valence-corrected chi connectivity index (χ0v) is 14.1. The van der Waals surface area contributed by atoms with Crippen molar-refractivity contribution in [2.75, 3.05) is 17.1 Å². The number of nitrogens with one attached hydrogen (secondary N) is 1. The fourth-order valence-corrected chi connectivity index (χ4v) is 3.44. The molecule has 21 heavy (non-hydrogen) atoms. The van der Waals surface area contributed by atoms with Gasteiger partial charge in [0.05, 0.1) is 11.9 Å². The number of benzene rings is 1. The van der Waals surface area contributed by atoms with Crippen molar-refractivity contribution in [3.63, 3.8) is 0 Å². The molecule has 0 saturated heterocycles. The van der Waals surface area contributed by atoms with Crippen LogP contribution in [0.4, 0.5) is 5.69 Å². The van der Waals surface area contributed by atoms with E-state index in [2.05, 4.69) is 5.32 Å². The first kappa shape index (κ1) is 17.5. The lowest BCUT2D eigenvalue weighted by Gasteiger charge is -2.28. The Labute approximate surface area is 127 Å². The van der Waals surface area contributed by atoms with E-state index in [1.54, 1.807) is 19.1 Å². The van der Waals surface area contributed by atoms with Gasteiger partial charge in [0.2, 0.25) is 15.9 Å². The predicted molar refractivity (Wildman–Crippen MR) is 86.0 cm³/mol. The number of rotatable bonds is 6. The summed E-state index contributed by atoms with van der Waals surface area (Å²) in [6.45, 7) is 7.89. The molecule has 6 heteroatoms. The molecule has 118 valence electrons. The lowest BCUT2D eigenvalue weighted by Crippen LogP contribution is -2.48. The first-order chi connectivity index (χ1) is 9.66. The Kier molecular flexibility index (Phi) is 5.78. The van der Waals surface area contributed by atoms with Crippen molar-refractivity contribution >= 4 is 21.6 Å². The smallest absolute Gasteiger partial charge is 0.243 e. The predicted octanol–water partition coefficient (Wildman–Crippen LogP) is 1.98. The fourth-order valence-electron chi connectivity index (χ4n) is 2.28.